The van der Waals surface area contributed by atoms with E-state index < -0.39 is 0 Å². The van der Waals surface area contributed by atoms with Crippen molar-refractivity contribution >= 4 is 11.9 Å². The molecule has 0 radical (unpaired) electrons. The normalized spacial score (nSPS) is 13.5. The Kier molecular flexibility index (Phi) is 3.14. The first-order valence-corrected chi connectivity index (χ1v) is 6.55. The fourth-order valence-corrected chi connectivity index (χ4v) is 2.29. The van der Waals surface area contributed by atoms with Crippen molar-refractivity contribution in [3.05, 3.63) is 52.7 Å². The average Bonchev–Trinajstić information content (AvgIpc) is 3.01. The largest absolute Gasteiger partial charge is 0.493 e. The molecule has 0 atom stereocenters. The first-order valence-electron chi connectivity index (χ1n) is 6.55. The molecular formula is C16H15NO3. The highest BCUT2D eigenvalue weighted by Crippen LogP contribution is 2.26. The van der Waals surface area contributed by atoms with Crippen LogP contribution in [0.2, 0.25) is 0 Å². The van der Waals surface area contributed by atoms with Crippen molar-refractivity contribution in [2.75, 3.05) is 6.61 Å². The molecule has 0 fully saturated rings. The molecule has 0 saturated carbocycles. The van der Waals surface area contributed by atoms with E-state index in [-0.39, 0.29) is 5.78 Å². The van der Waals surface area contributed by atoms with Gasteiger partial charge in [-0.3, -0.25) is 4.79 Å². The molecule has 0 saturated heterocycles. The lowest BCUT2D eigenvalue weighted by molar-refractivity contribution is 0.104. The van der Waals surface area contributed by atoms with E-state index in [0.717, 1.165) is 23.4 Å². The van der Waals surface area contributed by atoms with E-state index in [0.29, 0.717) is 23.8 Å². The molecule has 0 amide bonds. The number of allylic oxidation sites excluding steroid dienone is 1. The van der Waals surface area contributed by atoms with E-state index in [4.69, 9.17) is 9.15 Å². The van der Waals surface area contributed by atoms with Crippen molar-refractivity contribution in [2.45, 2.75) is 20.3 Å². The van der Waals surface area contributed by atoms with Gasteiger partial charge >= 0.3 is 0 Å². The van der Waals surface area contributed by atoms with Crippen molar-refractivity contribution in [2.24, 2.45) is 0 Å². The van der Waals surface area contributed by atoms with Gasteiger partial charge in [-0.15, -0.1) is 0 Å². The molecule has 1 aliphatic heterocycles. The third-order valence-electron chi connectivity index (χ3n) is 3.30. The maximum Gasteiger partial charge on any atom is 0.191 e. The summed E-state index contributed by atoms with van der Waals surface area (Å²) < 4.78 is 10.8. The van der Waals surface area contributed by atoms with E-state index in [1.54, 1.807) is 19.1 Å². The third kappa shape index (κ3) is 2.37. The van der Waals surface area contributed by atoms with E-state index >= 15 is 0 Å². The summed E-state index contributed by atoms with van der Waals surface area (Å²) in [7, 11) is 0. The summed E-state index contributed by atoms with van der Waals surface area (Å²) in [5, 5.41) is 0. The molecular weight excluding hydrogens is 254 g/mol. The zero-order valence-corrected chi connectivity index (χ0v) is 11.5. The number of benzene rings is 1. The Morgan fingerprint density at radius 1 is 1.35 bits per heavy atom. The van der Waals surface area contributed by atoms with E-state index in [9.17, 15) is 4.79 Å². The molecule has 0 bridgehead atoms. The van der Waals surface area contributed by atoms with E-state index in [1.807, 2.05) is 19.1 Å². The Morgan fingerprint density at radius 3 is 2.95 bits per heavy atom. The predicted molar refractivity (Wildman–Crippen MR) is 75.0 cm³/mol. The van der Waals surface area contributed by atoms with Crippen molar-refractivity contribution in [3.8, 4) is 5.75 Å². The molecule has 20 heavy (non-hydrogen) atoms. The predicted octanol–water partition coefficient (Wildman–Crippen LogP) is 3.12. The second-order valence-electron chi connectivity index (χ2n) is 4.80. The minimum Gasteiger partial charge on any atom is -0.493 e. The molecule has 1 aliphatic rings. The molecule has 0 spiro atoms. The van der Waals surface area contributed by atoms with Crippen molar-refractivity contribution < 1.29 is 13.9 Å². The van der Waals surface area contributed by atoms with Gasteiger partial charge in [-0.25, -0.2) is 4.98 Å². The standard InChI is InChI=1S/C16H15NO3/c1-10-15(20-11(2)17-10)6-4-14(18)12-3-5-16-13(9-12)7-8-19-16/h3-6,9H,7-8H2,1-2H3. The van der Waals surface area contributed by atoms with Gasteiger partial charge in [-0.1, -0.05) is 0 Å². The minimum atomic E-state index is -0.0480. The first-order chi connectivity index (χ1) is 9.63. The maximum atomic E-state index is 12.1. The van der Waals surface area contributed by atoms with Gasteiger partial charge in [0.05, 0.1) is 12.3 Å². The van der Waals surface area contributed by atoms with Crippen LogP contribution in [0.4, 0.5) is 0 Å². The molecule has 2 aromatic rings. The van der Waals surface area contributed by atoms with Crippen LogP contribution in [0, 0.1) is 13.8 Å². The van der Waals surface area contributed by atoms with Gasteiger partial charge in [0, 0.05) is 18.9 Å². The van der Waals surface area contributed by atoms with Gasteiger partial charge in [0.15, 0.2) is 11.7 Å². The van der Waals surface area contributed by atoms with Gasteiger partial charge in [-0.2, -0.15) is 0 Å². The number of carbonyl (C=O) groups is 1. The number of ketones is 1. The van der Waals surface area contributed by atoms with Crippen LogP contribution in [-0.2, 0) is 6.42 Å². The lowest BCUT2D eigenvalue weighted by Crippen LogP contribution is -1.95. The zero-order chi connectivity index (χ0) is 14.1. The molecule has 2 heterocycles. The molecule has 3 rings (SSSR count). The first kappa shape index (κ1) is 12.7. The number of oxazole rings is 1. The highest BCUT2D eigenvalue weighted by atomic mass is 16.5. The van der Waals surface area contributed by atoms with Gasteiger partial charge in [0.25, 0.3) is 0 Å². The molecule has 1 aromatic carbocycles. The lowest BCUT2D eigenvalue weighted by atomic mass is 10.1. The van der Waals surface area contributed by atoms with Crippen LogP contribution in [0.25, 0.3) is 6.08 Å². The summed E-state index contributed by atoms with van der Waals surface area (Å²) in [4.78, 5) is 16.3. The monoisotopic (exact) mass is 269 g/mol. The fraction of sp³-hybridized carbons (Fsp3) is 0.250. The van der Waals surface area contributed by atoms with Gasteiger partial charge in [-0.05, 0) is 42.8 Å². The average molecular weight is 269 g/mol. The lowest BCUT2D eigenvalue weighted by Gasteiger charge is -2.00. The Balaban J connectivity index is 1.81. The number of ether oxygens (including phenoxy) is 1. The Hall–Kier alpha value is -2.36. The highest BCUT2D eigenvalue weighted by molar-refractivity contribution is 6.06. The SMILES string of the molecule is Cc1nc(C)c(C=CC(=O)c2ccc3c(c2)CCO3)o1. The molecule has 1 aromatic heterocycles. The van der Waals surface area contributed by atoms with Crippen LogP contribution in [0.15, 0.2) is 28.7 Å². The summed E-state index contributed by atoms with van der Waals surface area (Å²) >= 11 is 0. The van der Waals surface area contributed by atoms with Crippen LogP contribution in [0.5, 0.6) is 5.75 Å². The summed E-state index contributed by atoms with van der Waals surface area (Å²) in [5.41, 5.74) is 2.55. The number of rotatable bonds is 3. The quantitative estimate of drug-likeness (QED) is 0.634. The van der Waals surface area contributed by atoms with Crippen LogP contribution in [0.3, 0.4) is 0 Å². The second-order valence-corrected chi connectivity index (χ2v) is 4.80. The summed E-state index contributed by atoms with van der Waals surface area (Å²) in [6.07, 6.45) is 4.05. The number of nitrogens with zero attached hydrogens (tertiary/aromatic N) is 1. The van der Waals surface area contributed by atoms with Gasteiger partial charge in [0.1, 0.15) is 11.5 Å². The van der Waals surface area contributed by atoms with Crippen LogP contribution >= 0.6 is 0 Å². The topological polar surface area (TPSA) is 52.3 Å². The van der Waals surface area contributed by atoms with E-state index in [1.165, 1.54) is 6.08 Å². The number of fused-ring (bicyclic) bond motifs is 1. The molecule has 0 unspecified atom stereocenters. The Bertz CT molecular complexity index is 698. The summed E-state index contributed by atoms with van der Waals surface area (Å²) in [6.45, 7) is 4.33. The number of hydrogen-bond acceptors (Lipinski definition) is 4. The zero-order valence-electron chi connectivity index (χ0n) is 11.5. The van der Waals surface area contributed by atoms with Gasteiger partial charge in [0.2, 0.25) is 0 Å². The maximum absolute atomic E-state index is 12.1. The van der Waals surface area contributed by atoms with Crippen LogP contribution in [0.1, 0.15) is 33.3 Å². The molecule has 102 valence electrons. The van der Waals surface area contributed by atoms with E-state index in [2.05, 4.69) is 4.98 Å². The van der Waals surface area contributed by atoms with Crippen molar-refractivity contribution in [1.29, 1.82) is 0 Å². The summed E-state index contributed by atoms with van der Waals surface area (Å²) in [5.74, 6) is 2.06. The number of aryl methyl sites for hydroxylation is 2. The number of hydrogen-bond donors (Lipinski definition) is 0. The second kappa shape index (κ2) is 4.96. The summed E-state index contributed by atoms with van der Waals surface area (Å²) in [6, 6.07) is 5.54. The number of aromatic nitrogens is 1. The van der Waals surface area contributed by atoms with Crippen LogP contribution in [-0.4, -0.2) is 17.4 Å². The smallest absolute Gasteiger partial charge is 0.191 e. The molecule has 4 heteroatoms. The van der Waals surface area contributed by atoms with Gasteiger partial charge < -0.3 is 9.15 Å². The Labute approximate surface area is 117 Å². The third-order valence-corrected chi connectivity index (χ3v) is 3.30. The van der Waals surface area contributed by atoms with Crippen LogP contribution < -0.4 is 4.74 Å². The Morgan fingerprint density at radius 2 is 2.20 bits per heavy atom. The highest BCUT2D eigenvalue weighted by Gasteiger charge is 2.14. The number of carbonyl (C=O) groups excluding carboxylic acids is 1. The fourth-order valence-electron chi connectivity index (χ4n) is 2.29. The van der Waals surface area contributed by atoms with Crippen molar-refractivity contribution in [3.63, 3.8) is 0 Å². The molecule has 4 nitrogen and oxygen atoms in total. The van der Waals surface area contributed by atoms with Crippen molar-refractivity contribution in [1.82, 2.24) is 4.98 Å². The molecule has 0 aliphatic carbocycles. The minimum absolute atomic E-state index is 0.0480. The molecule has 0 N–H and O–H groups in total.